The van der Waals surface area contributed by atoms with Gasteiger partial charge in [0.05, 0.1) is 28.5 Å². The van der Waals surface area contributed by atoms with Crippen molar-refractivity contribution in [3.05, 3.63) is 87.4 Å². The van der Waals surface area contributed by atoms with Gasteiger partial charge in [0.15, 0.2) is 5.82 Å². The third kappa shape index (κ3) is 3.45. The topological polar surface area (TPSA) is 101 Å². The van der Waals surface area contributed by atoms with Crippen molar-refractivity contribution >= 4 is 21.9 Å². The van der Waals surface area contributed by atoms with Crippen molar-refractivity contribution in [3.8, 4) is 0 Å². The molecule has 0 N–H and O–H groups in total. The Balaban J connectivity index is 1.45. The van der Waals surface area contributed by atoms with Gasteiger partial charge in [-0.1, -0.05) is 29.4 Å². The van der Waals surface area contributed by atoms with Gasteiger partial charge in [-0.25, -0.2) is 9.78 Å². The summed E-state index contributed by atoms with van der Waals surface area (Å²) in [6.45, 7) is 0.975. The van der Waals surface area contributed by atoms with E-state index < -0.39 is 0 Å². The Labute approximate surface area is 187 Å². The summed E-state index contributed by atoms with van der Waals surface area (Å²) in [7, 11) is 0. The first kappa shape index (κ1) is 19.7. The zero-order chi connectivity index (χ0) is 22.4. The second kappa shape index (κ2) is 7.84. The lowest BCUT2D eigenvalue weighted by Crippen LogP contribution is -2.40. The monoisotopic (exact) mass is 442 g/mol. The van der Waals surface area contributed by atoms with Crippen molar-refractivity contribution in [2.24, 2.45) is 0 Å². The molecule has 0 unspecified atom stereocenters. The van der Waals surface area contributed by atoms with Gasteiger partial charge in [0.25, 0.3) is 5.56 Å². The zero-order valence-corrected chi connectivity index (χ0v) is 17.9. The van der Waals surface area contributed by atoms with Crippen molar-refractivity contribution in [1.82, 2.24) is 28.8 Å². The number of fused-ring (bicyclic) bond motifs is 2. The fourth-order valence-corrected chi connectivity index (χ4v) is 4.48. The molecule has 33 heavy (non-hydrogen) atoms. The summed E-state index contributed by atoms with van der Waals surface area (Å²) in [6.07, 6.45) is 4.53. The van der Waals surface area contributed by atoms with Crippen LogP contribution in [0.25, 0.3) is 21.9 Å². The minimum atomic E-state index is -0.272. The minimum Gasteiger partial charge on any atom is -0.343 e. The van der Waals surface area contributed by atoms with Crippen molar-refractivity contribution in [3.63, 3.8) is 0 Å². The van der Waals surface area contributed by atoms with Crippen LogP contribution in [0.4, 0.5) is 0 Å². The summed E-state index contributed by atoms with van der Waals surface area (Å²) in [6, 6.07) is 15.3. The Bertz CT molecular complexity index is 1570. The van der Waals surface area contributed by atoms with Crippen molar-refractivity contribution in [2.75, 3.05) is 0 Å². The summed E-state index contributed by atoms with van der Waals surface area (Å²) >= 11 is 0. The van der Waals surface area contributed by atoms with Gasteiger partial charge in [-0.05, 0) is 43.5 Å². The predicted molar refractivity (Wildman–Crippen MR) is 122 cm³/mol. The first-order valence-corrected chi connectivity index (χ1v) is 11.1. The van der Waals surface area contributed by atoms with Crippen LogP contribution in [0, 0.1) is 0 Å². The highest BCUT2D eigenvalue weighted by molar-refractivity contribution is 5.78. The van der Waals surface area contributed by atoms with Gasteiger partial charge in [0.1, 0.15) is 5.82 Å². The van der Waals surface area contributed by atoms with Crippen LogP contribution in [0.5, 0.6) is 0 Å². The molecule has 166 valence electrons. The molecule has 0 radical (unpaired) electrons. The molecule has 1 aliphatic rings. The standard InChI is InChI=1S/C24H22N6O3/c31-23-17-6-1-3-8-19(17)29(24(32)30(23)16-11-12-16)14-22-26-18-7-2-4-9-20(18)28(22)13-5-10-21-25-15-33-27-21/h1-4,6-9,15-16H,5,10-14H2. The van der Waals surface area contributed by atoms with E-state index in [0.717, 1.165) is 36.1 Å². The number of aromatic nitrogens is 6. The van der Waals surface area contributed by atoms with E-state index in [1.807, 2.05) is 42.5 Å². The fraction of sp³-hybridized carbons (Fsp3) is 0.292. The van der Waals surface area contributed by atoms with Crippen LogP contribution < -0.4 is 11.2 Å². The first-order chi connectivity index (χ1) is 16.2. The first-order valence-electron chi connectivity index (χ1n) is 11.1. The van der Waals surface area contributed by atoms with Gasteiger partial charge in [-0.3, -0.25) is 13.9 Å². The molecule has 0 amide bonds. The van der Waals surface area contributed by atoms with Crippen molar-refractivity contribution < 1.29 is 4.52 Å². The Kier molecular flexibility index (Phi) is 4.67. The van der Waals surface area contributed by atoms with E-state index in [9.17, 15) is 9.59 Å². The SMILES string of the molecule is O=c1c2ccccc2n(Cc2nc3ccccc3n2CCCc2ncon2)c(=O)n1C1CC1. The average Bonchev–Trinajstić information content (AvgIpc) is 3.40. The fourth-order valence-electron chi connectivity index (χ4n) is 4.48. The number of hydrogen-bond donors (Lipinski definition) is 0. The van der Waals surface area contributed by atoms with Crippen LogP contribution in [0.1, 0.15) is 37.0 Å². The second-order valence-corrected chi connectivity index (χ2v) is 8.41. The molecule has 9 heteroatoms. The van der Waals surface area contributed by atoms with Crippen LogP contribution >= 0.6 is 0 Å². The molecule has 1 saturated carbocycles. The second-order valence-electron chi connectivity index (χ2n) is 8.41. The molecular weight excluding hydrogens is 420 g/mol. The van der Waals surface area contributed by atoms with E-state index in [2.05, 4.69) is 14.7 Å². The van der Waals surface area contributed by atoms with Gasteiger partial charge in [-0.2, -0.15) is 4.98 Å². The normalized spacial score (nSPS) is 13.8. The van der Waals surface area contributed by atoms with Crippen LogP contribution in [-0.2, 0) is 19.5 Å². The van der Waals surface area contributed by atoms with Gasteiger partial charge < -0.3 is 9.09 Å². The van der Waals surface area contributed by atoms with Crippen LogP contribution in [-0.4, -0.2) is 28.8 Å². The molecule has 6 rings (SSSR count). The minimum absolute atomic E-state index is 0.00497. The summed E-state index contributed by atoms with van der Waals surface area (Å²) in [4.78, 5) is 35.4. The largest absolute Gasteiger partial charge is 0.343 e. The molecule has 0 bridgehead atoms. The molecule has 9 nitrogen and oxygen atoms in total. The molecular formula is C24H22N6O3. The van der Waals surface area contributed by atoms with E-state index >= 15 is 0 Å². The van der Waals surface area contributed by atoms with Gasteiger partial charge >= 0.3 is 5.69 Å². The van der Waals surface area contributed by atoms with Gasteiger partial charge in [0, 0.05) is 19.0 Å². The smallest absolute Gasteiger partial charge is 0.332 e. The van der Waals surface area contributed by atoms with Crippen LogP contribution in [0.3, 0.4) is 0 Å². The van der Waals surface area contributed by atoms with E-state index in [1.165, 1.54) is 11.0 Å². The quantitative estimate of drug-likeness (QED) is 0.384. The highest BCUT2D eigenvalue weighted by atomic mass is 16.5. The van der Waals surface area contributed by atoms with E-state index in [-0.39, 0.29) is 23.8 Å². The molecule has 3 heterocycles. The van der Waals surface area contributed by atoms with Gasteiger partial charge in [0.2, 0.25) is 6.39 Å². The number of benzene rings is 2. The van der Waals surface area contributed by atoms with E-state index in [0.29, 0.717) is 29.7 Å². The van der Waals surface area contributed by atoms with Crippen LogP contribution in [0.2, 0.25) is 0 Å². The maximum Gasteiger partial charge on any atom is 0.332 e. The molecule has 0 aliphatic heterocycles. The average molecular weight is 442 g/mol. The van der Waals surface area contributed by atoms with E-state index in [1.54, 1.807) is 10.6 Å². The summed E-state index contributed by atoms with van der Waals surface area (Å²) in [5.74, 6) is 1.44. The molecule has 2 aromatic carbocycles. The lowest BCUT2D eigenvalue weighted by atomic mass is 10.2. The lowest BCUT2D eigenvalue weighted by Gasteiger charge is -2.15. The molecule has 0 atom stereocenters. The molecule has 1 aliphatic carbocycles. The maximum atomic E-state index is 13.4. The highest BCUT2D eigenvalue weighted by Crippen LogP contribution is 2.32. The lowest BCUT2D eigenvalue weighted by molar-refractivity contribution is 0.408. The Morgan fingerprint density at radius 1 is 0.970 bits per heavy atom. The molecule has 1 fully saturated rings. The predicted octanol–water partition coefficient (Wildman–Crippen LogP) is 2.91. The third-order valence-corrected chi connectivity index (χ3v) is 6.22. The number of hydrogen-bond acceptors (Lipinski definition) is 6. The van der Waals surface area contributed by atoms with Crippen molar-refractivity contribution in [2.45, 2.75) is 44.8 Å². The number of rotatable bonds is 7. The molecule has 0 spiro atoms. The Morgan fingerprint density at radius 3 is 2.55 bits per heavy atom. The molecule has 0 saturated heterocycles. The Morgan fingerprint density at radius 2 is 1.76 bits per heavy atom. The Hall–Kier alpha value is -4.01. The highest BCUT2D eigenvalue weighted by Gasteiger charge is 2.29. The van der Waals surface area contributed by atoms with E-state index in [4.69, 9.17) is 9.51 Å². The maximum absolute atomic E-state index is 13.4. The summed E-state index contributed by atoms with van der Waals surface area (Å²) < 4.78 is 10.1. The number of aryl methyl sites for hydroxylation is 2. The van der Waals surface area contributed by atoms with Crippen molar-refractivity contribution in [1.29, 1.82) is 0 Å². The summed E-state index contributed by atoms with van der Waals surface area (Å²) in [5, 5.41) is 4.44. The number of para-hydroxylation sites is 3. The third-order valence-electron chi connectivity index (χ3n) is 6.22. The van der Waals surface area contributed by atoms with Crippen LogP contribution in [0.15, 0.2) is 69.0 Å². The number of nitrogens with zero attached hydrogens (tertiary/aromatic N) is 6. The zero-order valence-electron chi connectivity index (χ0n) is 17.9. The molecule has 5 aromatic rings. The number of imidazole rings is 1. The molecule has 3 aromatic heterocycles. The van der Waals surface area contributed by atoms with Gasteiger partial charge in [-0.15, -0.1) is 0 Å². The summed E-state index contributed by atoms with van der Waals surface area (Å²) in [5.41, 5.74) is 2.04.